The van der Waals surface area contributed by atoms with Gasteiger partial charge in [0.2, 0.25) is 5.91 Å². The van der Waals surface area contributed by atoms with Gasteiger partial charge in [0.05, 0.1) is 0 Å². The summed E-state index contributed by atoms with van der Waals surface area (Å²) in [4.78, 5) is 27.2. The van der Waals surface area contributed by atoms with Crippen molar-refractivity contribution in [1.82, 2.24) is 4.90 Å². The van der Waals surface area contributed by atoms with Gasteiger partial charge in [0.1, 0.15) is 6.04 Å². The second-order valence-corrected chi connectivity index (χ2v) is 6.05. The van der Waals surface area contributed by atoms with E-state index in [2.05, 4.69) is 23.1 Å². The van der Waals surface area contributed by atoms with Gasteiger partial charge in [0.15, 0.2) is 0 Å². The first-order valence-electron chi connectivity index (χ1n) is 8.02. The zero-order chi connectivity index (χ0) is 15.5. The summed E-state index contributed by atoms with van der Waals surface area (Å²) in [7, 11) is 0. The smallest absolute Gasteiger partial charge is 0.326 e. The number of rotatable bonds is 5. The highest BCUT2D eigenvalue weighted by molar-refractivity contribution is 5.84. The number of carbonyl (C=O) groups excluding carboxylic acids is 1. The van der Waals surface area contributed by atoms with Crippen LogP contribution in [0, 0.1) is 0 Å². The van der Waals surface area contributed by atoms with Crippen LogP contribution in [0.15, 0.2) is 24.3 Å². The maximum atomic E-state index is 12.2. The summed E-state index contributed by atoms with van der Waals surface area (Å²) >= 11 is 0. The lowest BCUT2D eigenvalue weighted by molar-refractivity contribution is -0.148. The fourth-order valence-electron chi connectivity index (χ4n) is 3.53. The second-order valence-electron chi connectivity index (χ2n) is 6.05. The Hall–Kier alpha value is -2.04. The number of carbonyl (C=O) groups is 2. The SMILES string of the molecule is O=C(O)C1CCCN1C(=O)CCCN1CCc2ccccc21. The van der Waals surface area contributed by atoms with Crippen molar-refractivity contribution in [3.8, 4) is 0 Å². The summed E-state index contributed by atoms with van der Waals surface area (Å²) in [5.74, 6) is -0.892. The Balaban J connectivity index is 1.50. The van der Waals surface area contributed by atoms with E-state index in [0.717, 1.165) is 32.4 Å². The lowest BCUT2D eigenvalue weighted by atomic mass is 10.2. The molecule has 0 bridgehead atoms. The molecule has 1 unspecified atom stereocenters. The molecule has 3 rings (SSSR count). The van der Waals surface area contributed by atoms with Crippen LogP contribution in [-0.4, -0.2) is 47.6 Å². The van der Waals surface area contributed by atoms with Gasteiger partial charge in [-0.1, -0.05) is 18.2 Å². The maximum Gasteiger partial charge on any atom is 0.326 e. The molecule has 5 nitrogen and oxygen atoms in total. The van der Waals surface area contributed by atoms with E-state index in [1.807, 2.05) is 6.07 Å². The largest absolute Gasteiger partial charge is 0.480 e. The number of amides is 1. The number of aliphatic carboxylic acids is 1. The third-order valence-corrected chi connectivity index (χ3v) is 4.66. The number of para-hydroxylation sites is 1. The van der Waals surface area contributed by atoms with Crippen molar-refractivity contribution in [2.75, 3.05) is 24.5 Å². The third-order valence-electron chi connectivity index (χ3n) is 4.66. The number of likely N-dealkylation sites (tertiary alicyclic amines) is 1. The quantitative estimate of drug-likeness (QED) is 0.902. The van der Waals surface area contributed by atoms with Gasteiger partial charge < -0.3 is 14.9 Å². The lowest BCUT2D eigenvalue weighted by Crippen LogP contribution is -2.40. The number of anilines is 1. The minimum absolute atomic E-state index is 0.0163. The molecule has 1 fully saturated rings. The molecule has 0 saturated carbocycles. The molecule has 1 atom stereocenters. The topological polar surface area (TPSA) is 60.9 Å². The van der Waals surface area contributed by atoms with Crippen molar-refractivity contribution in [2.24, 2.45) is 0 Å². The number of nitrogens with zero attached hydrogens (tertiary/aromatic N) is 2. The van der Waals surface area contributed by atoms with Gasteiger partial charge in [0.25, 0.3) is 0 Å². The highest BCUT2D eigenvalue weighted by Gasteiger charge is 2.33. The highest BCUT2D eigenvalue weighted by atomic mass is 16.4. The molecular formula is C17H22N2O3. The fraction of sp³-hybridized carbons (Fsp3) is 0.529. The van der Waals surface area contributed by atoms with Crippen LogP contribution in [0.2, 0.25) is 0 Å². The average Bonchev–Trinajstić information content (AvgIpc) is 3.14. The van der Waals surface area contributed by atoms with E-state index in [-0.39, 0.29) is 5.91 Å². The summed E-state index contributed by atoms with van der Waals surface area (Å²) in [5, 5.41) is 9.14. The van der Waals surface area contributed by atoms with E-state index in [0.29, 0.717) is 19.4 Å². The van der Waals surface area contributed by atoms with Crippen LogP contribution in [0.25, 0.3) is 0 Å². The van der Waals surface area contributed by atoms with E-state index in [1.54, 1.807) is 4.90 Å². The number of fused-ring (bicyclic) bond motifs is 1. The molecule has 2 aliphatic rings. The average molecular weight is 302 g/mol. The normalized spacial score (nSPS) is 20.3. The zero-order valence-electron chi connectivity index (χ0n) is 12.7. The van der Waals surface area contributed by atoms with Crippen LogP contribution in [0.5, 0.6) is 0 Å². The van der Waals surface area contributed by atoms with Crippen molar-refractivity contribution in [3.63, 3.8) is 0 Å². The van der Waals surface area contributed by atoms with Gasteiger partial charge in [-0.25, -0.2) is 4.79 Å². The van der Waals surface area contributed by atoms with Crippen molar-refractivity contribution in [3.05, 3.63) is 29.8 Å². The van der Waals surface area contributed by atoms with Crippen LogP contribution in [0.4, 0.5) is 5.69 Å². The first-order chi connectivity index (χ1) is 10.7. The standard InChI is InChI=1S/C17H22N2O3/c20-16(19-11-3-7-15(19)17(21)22)8-4-10-18-12-9-13-5-1-2-6-14(13)18/h1-2,5-6,15H,3-4,7-12H2,(H,21,22). The van der Waals surface area contributed by atoms with Gasteiger partial charge in [-0.2, -0.15) is 0 Å². The molecule has 2 heterocycles. The van der Waals surface area contributed by atoms with Crippen LogP contribution >= 0.6 is 0 Å². The molecule has 22 heavy (non-hydrogen) atoms. The molecule has 5 heteroatoms. The Morgan fingerprint density at radius 2 is 2.05 bits per heavy atom. The van der Waals surface area contributed by atoms with Gasteiger partial charge in [-0.05, 0) is 37.3 Å². The Morgan fingerprint density at radius 3 is 2.86 bits per heavy atom. The predicted octanol–water partition coefficient (Wildman–Crippen LogP) is 1.90. The molecule has 1 amide bonds. The Bertz CT molecular complexity index is 573. The number of hydrogen-bond acceptors (Lipinski definition) is 3. The molecule has 1 N–H and O–H groups in total. The predicted molar refractivity (Wildman–Crippen MR) is 84.0 cm³/mol. The second kappa shape index (κ2) is 6.38. The molecule has 2 aliphatic heterocycles. The van der Waals surface area contributed by atoms with E-state index in [4.69, 9.17) is 5.11 Å². The third kappa shape index (κ3) is 2.93. The van der Waals surface area contributed by atoms with Crippen LogP contribution in [-0.2, 0) is 16.0 Å². The lowest BCUT2D eigenvalue weighted by Gasteiger charge is -2.23. The van der Waals surface area contributed by atoms with E-state index >= 15 is 0 Å². The van der Waals surface area contributed by atoms with Crippen molar-refractivity contribution >= 4 is 17.6 Å². The summed E-state index contributed by atoms with van der Waals surface area (Å²) < 4.78 is 0. The number of benzene rings is 1. The molecule has 1 aromatic rings. The van der Waals surface area contributed by atoms with Gasteiger partial charge >= 0.3 is 5.97 Å². The summed E-state index contributed by atoms with van der Waals surface area (Å²) in [6, 6.07) is 7.78. The Labute approximate surface area is 130 Å². The first-order valence-corrected chi connectivity index (χ1v) is 8.02. The monoisotopic (exact) mass is 302 g/mol. The van der Waals surface area contributed by atoms with Gasteiger partial charge in [-0.3, -0.25) is 4.79 Å². The molecule has 0 spiro atoms. The highest BCUT2D eigenvalue weighted by Crippen LogP contribution is 2.27. The number of carboxylic acids is 1. The Morgan fingerprint density at radius 1 is 1.23 bits per heavy atom. The summed E-state index contributed by atoms with van der Waals surface area (Å²) in [5.41, 5.74) is 2.65. The molecule has 0 radical (unpaired) electrons. The molecule has 0 aliphatic carbocycles. The minimum atomic E-state index is -0.876. The number of hydrogen-bond donors (Lipinski definition) is 1. The van der Waals surface area contributed by atoms with Crippen molar-refractivity contribution in [2.45, 2.75) is 38.1 Å². The minimum Gasteiger partial charge on any atom is -0.480 e. The molecule has 1 saturated heterocycles. The summed E-state index contributed by atoms with van der Waals surface area (Å²) in [6.45, 7) is 2.45. The van der Waals surface area contributed by atoms with Crippen LogP contribution in [0.3, 0.4) is 0 Å². The molecular weight excluding hydrogens is 280 g/mol. The van der Waals surface area contributed by atoms with Crippen LogP contribution < -0.4 is 4.90 Å². The van der Waals surface area contributed by atoms with Gasteiger partial charge in [0, 0.05) is 31.7 Å². The fourth-order valence-corrected chi connectivity index (χ4v) is 3.53. The van der Waals surface area contributed by atoms with Crippen LogP contribution in [0.1, 0.15) is 31.2 Å². The first kappa shape index (κ1) is 14.9. The number of carboxylic acid groups (broad SMARTS) is 1. The summed E-state index contributed by atoms with van der Waals surface area (Å²) in [6.07, 6.45) is 3.65. The van der Waals surface area contributed by atoms with E-state index < -0.39 is 12.0 Å². The van der Waals surface area contributed by atoms with Crippen molar-refractivity contribution < 1.29 is 14.7 Å². The van der Waals surface area contributed by atoms with Crippen molar-refractivity contribution in [1.29, 1.82) is 0 Å². The van der Waals surface area contributed by atoms with Gasteiger partial charge in [-0.15, -0.1) is 0 Å². The Kier molecular flexibility index (Phi) is 4.32. The zero-order valence-corrected chi connectivity index (χ0v) is 12.7. The van der Waals surface area contributed by atoms with E-state index in [9.17, 15) is 9.59 Å². The molecule has 0 aromatic heterocycles. The maximum absolute atomic E-state index is 12.2. The molecule has 118 valence electrons. The van der Waals surface area contributed by atoms with E-state index in [1.165, 1.54) is 11.3 Å². The molecule has 1 aromatic carbocycles.